The van der Waals surface area contributed by atoms with Crippen molar-refractivity contribution in [2.24, 2.45) is 7.05 Å². The fourth-order valence-electron chi connectivity index (χ4n) is 2.66. The fraction of sp³-hybridized carbons (Fsp3) is 0.118. The van der Waals surface area contributed by atoms with Gasteiger partial charge in [-0.1, -0.05) is 23.7 Å². The fourth-order valence-corrected chi connectivity index (χ4v) is 2.79. The molecule has 120 valence electrons. The molecule has 0 spiro atoms. The van der Waals surface area contributed by atoms with E-state index in [-0.39, 0.29) is 12.2 Å². The average molecular weight is 341 g/mol. The molecule has 0 unspecified atom stereocenters. The number of ether oxygens (including phenoxy) is 1. The van der Waals surface area contributed by atoms with Gasteiger partial charge in [-0.2, -0.15) is 0 Å². The number of fused-ring (bicyclic) bond motifs is 3. The molecule has 0 N–H and O–H groups in total. The Hall–Kier alpha value is -2.86. The summed E-state index contributed by atoms with van der Waals surface area (Å²) in [5.41, 5.74) is 0.658. The molecule has 0 saturated heterocycles. The zero-order valence-corrected chi connectivity index (χ0v) is 13.6. The molecule has 2 aromatic carbocycles. The van der Waals surface area contributed by atoms with Crippen LogP contribution in [0.5, 0.6) is 5.75 Å². The maximum atomic E-state index is 12.4. The van der Waals surface area contributed by atoms with Gasteiger partial charge in [0.1, 0.15) is 12.4 Å². The van der Waals surface area contributed by atoms with Crippen molar-refractivity contribution in [1.82, 2.24) is 19.2 Å². The van der Waals surface area contributed by atoms with Crippen molar-refractivity contribution in [3.05, 3.63) is 69.7 Å². The molecule has 0 aliphatic rings. The van der Waals surface area contributed by atoms with Crippen LogP contribution in [0.4, 0.5) is 0 Å². The van der Waals surface area contributed by atoms with Crippen molar-refractivity contribution in [3.8, 4) is 5.75 Å². The van der Waals surface area contributed by atoms with Crippen LogP contribution in [0.2, 0.25) is 5.02 Å². The van der Waals surface area contributed by atoms with Crippen LogP contribution < -0.4 is 10.3 Å². The molecule has 0 fully saturated rings. The van der Waals surface area contributed by atoms with Crippen LogP contribution in [0.1, 0.15) is 5.82 Å². The largest absolute Gasteiger partial charge is 0.486 e. The summed E-state index contributed by atoms with van der Waals surface area (Å²) in [5.74, 6) is 1.78. The lowest BCUT2D eigenvalue weighted by Crippen LogP contribution is -2.20. The second-order valence-corrected chi connectivity index (χ2v) is 5.81. The monoisotopic (exact) mass is 340 g/mol. The topological polar surface area (TPSA) is 61.4 Å². The quantitative estimate of drug-likeness (QED) is 0.575. The molecule has 0 bridgehead atoms. The van der Waals surface area contributed by atoms with Crippen LogP contribution in [0, 0.1) is 0 Å². The lowest BCUT2D eigenvalue weighted by molar-refractivity contribution is 0.295. The van der Waals surface area contributed by atoms with E-state index in [2.05, 4.69) is 10.2 Å². The molecule has 0 aliphatic carbocycles. The maximum Gasteiger partial charge on any atom is 0.262 e. The van der Waals surface area contributed by atoms with E-state index in [1.807, 2.05) is 22.6 Å². The predicted molar refractivity (Wildman–Crippen MR) is 91.5 cm³/mol. The smallest absolute Gasteiger partial charge is 0.262 e. The molecular formula is C17H13ClN4O2. The molecular weight excluding hydrogens is 328 g/mol. The number of aryl methyl sites for hydroxylation is 1. The first kappa shape index (κ1) is 14.7. The van der Waals surface area contributed by atoms with Crippen molar-refractivity contribution in [1.29, 1.82) is 0 Å². The van der Waals surface area contributed by atoms with E-state index < -0.39 is 0 Å². The number of nitrogens with zero attached hydrogens (tertiary/aromatic N) is 4. The zero-order chi connectivity index (χ0) is 16.7. The molecule has 6 nitrogen and oxygen atoms in total. The number of rotatable bonds is 3. The van der Waals surface area contributed by atoms with E-state index in [9.17, 15) is 4.79 Å². The molecule has 2 heterocycles. The summed E-state index contributed by atoms with van der Waals surface area (Å²) in [4.78, 5) is 12.4. The number of halogens is 1. The Kier molecular flexibility index (Phi) is 3.46. The van der Waals surface area contributed by atoms with Crippen molar-refractivity contribution in [2.45, 2.75) is 6.61 Å². The second kappa shape index (κ2) is 5.65. The van der Waals surface area contributed by atoms with E-state index in [0.29, 0.717) is 27.8 Å². The SMILES string of the molecule is Cn1c(=O)c2ccccc2n2c(COc3ccc(Cl)cc3)nnc12. The Morgan fingerprint density at radius 3 is 2.62 bits per heavy atom. The van der Waals surface area contributed by atoms with Gasteiger partial charge < -0.3 is 4.74 Å². The average Bonchev–Trinajstić information content (AvgIpc) is 3.03. The molecule has 7 heteroatoms. The van der Waals surface area contributed by atoms with Crippen molar-refractivity contribution < 1.29 is 4.74 Å². The highest BCUT2D eigenvalue weighted by Crippen LogP contribution is 2.18. The summed E-state index contributed by atoms with van der Waals surface area (Å²) in [6.07, 6.45) is 0. The van der Waals surface area contributed by atoms with E-state index in [4.69, 9.17) is 16.3 Å². The van der Waals surface area contributed by atoms with Gasteiger partial charge in [0.2, 0.25) is 5.78 Å². The normalized spacial score (nSPS) is 11.2. The van der Waals surface area contributed by atoms with E-state index in [1.165, 1.54) is 4.57 Å². The van der Waals surface area contributed by atoms with Gasteiger partial charge in [-0.3, -0.25) is 13.8 Å². The van der Waals surface area contributed by atoms with Crippen LogP contribution >= 0.6 is 11.6 Å². The molecule has 0 aliphatic heterocycles. The van der Waals surface area contributed by atoms with Gasteiger partial charge in [0.15, 0.2) is 5.82 Å². The van der Waals surface area contributed by atoms with E-state index in [1.54, 1.807) is 37.4 Å². The predicted octanol–water partition coefficient (Wildman–Crippen LogP) is 2.81. The van der Waals surface area contributed by atoms with Gasteiger partial charge in [0.25, 0.3) is 5.56 Å². The van der Waals surface area contributed by atoms with Gasteiger partial charge in [0.05, 0.1) is 10.9 Å². The minimum absolute atomic E-state index is 0.101. The van der Waals surface area contributed by atoms with Gasteiger partial charge in [-0.15, -0.1) is 10.2 Å². The van der Waals surface area contributed by atoms with E-state index in [0.717, 1.165) is 5.52 Å². The van der Waals surface area contributed by atoms with Crippen LogP contribution in [-0.4, -0.2) is 19.2 Å². The van der Waals surface area contributed by atoms with Gasteiger partial charge in [0, 0.05) is 12.1 Å². The van der Waals surface area contributed by atoms with Crippen molar-refractivity contribution in [2.75, 3.05) is 0 Å². The Bertz CT molecular complexity index is 1100. The molecule has 4 aromatic rings. The standard InChI is InChI=1S/C17H13ClN4O2/c1-21-16(23)13-4-2-3-5-14(13)22-15(19-20-17(21)22)10-24-12-8-6-11(18)7-9-12/h2-9H,10H2,1H3. The third-order valence-corrected chi connectivity index (χ3v) is 4.13. The van der Waals surface area contributed by atoms with Gasteiger partial charge >= 0.3 is 0 Å². The van der Waals surface area contributed by atoms with Crippen LogP contribution in [0.25, 0.3) is 16.7 Å². The number of aromatic nitrogens is 4. The van der Waals surface area contributed by atoms with Crippen LogP contribution in [0.15, 0.2) is 53.3 Å². The summed E-state index contributed by atoms with van der Waals surface area (Å²) in [6, 6.07) is 14.5. The second-order valence-electron chi connectivity index (χ2n) is 5.38. The molecule has 24 heavy (non-hydrogen) atoms. The third-order valence-electron chi connectivity index (χ3n) is 3.87. The Morgan fingerprint density at radius 1 is 1.08 bits per heavy atom. The summed E-state index contributed by atoms with van der Waals surface area (Å²) >= 11 is 5.87. The highest BCUT2D eigenvalue weighted by molar-refractivity contribution is 6.30. The van der Waals surface area contributed by atoms with Crippen molar-refractivity contribution >= 4 is 28.3 Å². The lowest BCUT2D eigenvalue weighted by atomic mass is 10.2. The van der Waals surface area contributed by atoms with Crippen LogP contribution in [-0.2, 0) is 13.7 Å². The molecule has 0 amide bonds. The maximum absolute atomic E-state index is 12.4. The molecule has 0 radical (unpaired) electrons. The number of benzene rings is 2. The van der Waals surface area contributed by atoms with Crippen LogP contribution in [0.3, 0.4) is 0 Å². The molecule has 0 saturated carbocycles. The van der Waals surface area contributed by atoms with Gasteiger partial charge in [-0.05, 0) is 36.4 Å². The Labute approximate surface area is 141 Å². The highest BCUT2D eigenvalue weighted by atomic mass is 35.5. The first-order valence-corrected chi connectivity index (χ1v) is 7.73. The Morgan fingerprint density at radius 2 is 1.83 bits per heavy atom. The van der Waals surface area contributed by atoms with Crippen molar-refractivity contribution in [3.63, 3.8) is 0 Å². The zero-order valence-electron chi connectivity index (χ0n) is 12.8. The van der Waals surface area contributed by atoms with Gasteiger partial charge in [-0.25, -0.2) is 0 Å². The Balaban J connectivity index is 1.82. The summed E-state index contributed by atoms with van der Waals surface area (Å²) < 4.78 is 9.09. The lowest BCUT2D eigenvalue weighted by Gasteiger charge is -2.08. The third kappa shape index (κ3) is 2.32. The number of hydrogen-bond donors (Lipinski definition) is 0. The summed E-state index contributed by atoms with van der Waals surface area (Å²) in [5, 5.41) is 9.57. The molecule has 0 atom stereocenters. The first-order valence-electron chi connectivity index (χ1n) is 7.35. The summed E-state index contributed by atoms with van der Waals surface area (Å²) in [6.45, 7) is 0.227. The number of para-hydroxylation sites is 1. The minimum Gasteiger partial charge on any atom is -0.486 e. The van der Waals surface area contributed by atoms with E-state index >= 15 is 0 Å². The molecule has 4 rings (SSSR count). The first-order chi connectivity index (χ1) is 11.6. The molecule has 2 aromatic heterocycles. The minimum atomic E-state index is -0.101. The summed E-state index contributed by atoms with van der Waals surface area (Å²) in [7, 11) is 1.68. The highest BCUT2D eigenvalue weighted by Gasteiger charge is 2.14. The number of hydrogen-bond acceptors (Lipinski definition) is 4.